The van der Waals surface area contributed by atoms with Crippen molar-refractivity contribution in [3.63, 3.8) is 0 Å². The van der Waals surface area contributed by atoms with Crippen LogP contribution in [0.4, 0.5) is 17.3 Å². The van der Waals surface area contributed by atoms with Crippen LogP contribution in [-0.2, 0) is 0 Å². The maximum atomic E-state index is 12.6. The third kappa shape index (κ3) is 3.64. The molecule has 6 heteroatoms. The zero-order chi connectivity index (χ0) is 17.9. The topological polar surface area (TPSA) is 61.4 Å². The van der Waals surface area contributed by atoms with Crippen LogP contribution in [0.3, 0.4) is 0 Å². The molecule has 2 saturated heterocycles. The van der Waals surface area contributed by atoms with Crippen molar-refractivity contribution in [2.45, 2.75) is 32.6 Å². The summed E-state index contributed by atoms with van der Waals surface area (Å²) < 4.78 is 0. The van der Waals surface area contributed by atoms with Gasteiger partial charge in [-0.3, -0.25) is 4.79 Å². The van der Waals surface area contributed by atoms with Gasteiger partial charge in [-0.05, 0) is 62.9 Å². The van der Waals surface area contributed by atoms with Gasteiger partial charge in [0.05, 0.1) is 0 Å². The number of aryl methyl sites for hydroxylation is 1. The molecule has 136 valence electrons. The van der Waals surface area contributed by atoms with Gasteiger partial charge in [-0.15, -0.1) is 0 Å². The van der Waals surface area contributed by atoms with Gasteiger partial charge in [-0.2, -0.15) is 0 Å². The van der Waals surface area contributed by atoms with Crippen LogP contribution in [0.25, 0.3) is 0 Å². The number of hydrogen-bond acceptors (Lipinski definition) is 5. The van der Waals surface area contributed by atoms with Gasteiger partial charge in [-0.25, -0.2) is 9.97 Å². The molecule has 1 aromatic heterocycles. The van der Waals surface area contributed by atoms with E-state index in [2.05, 4.69) is 32.3 Å². The van der Waals surface area contributed by atoms with Crippen LogP contribution < -0.4 is 10.2 Å². The number of anilines is 3. The Morgan fingerprint density at radius 2 is 1.62 bits per heavy atom. The Labute approximate surface area is 154 Å². The quantitative estimate of drug-likeness (QED) is 0.915. The molecule has 0 unspecified atom stereocenters. The molecule has 0 spiro atoms. The summed E-state index contributed by atoms with van der Waals surface area (Å²) in [5.74, 6) is 0.474. The van der Waals surface area contributed by atoms with Gasteiger partial charge in [0, 0.05) is 43.2 Å². The Hall–Kier alpha value is -2.63. The summed E-state index contributed by atoms with van der Waals surface area (Å²) in [6.45, 7) is 5.81. The van der Waals surface area contributed by atoms with E-state index in [-0.39, 0.29) is 5.91 Å². The molecule has 2 aromatic rings. The van der Waals surface area contributed by atoms with Gasteiger partial charge in [0.25, 0.3) is 5.91 Å². The van der Waals surface area contributed by atoms with Crippen molar-refractivity contribution in [3.8, 4) is 0 Å². The highest BCUT2D eigenvalue weighted by Crippen LogP contribution is 2.23. The Morgan fingerprint density at radius 1 is 0.962 bits per heavy atom. The van der Waals surface area contributed by atoms with Crippen LogP contribution >= 0.6 is 0 Å². The summed E-state index contributed by atoms with van der Waals surface area (Å²) in [4.78, 5) is 25.8. The average molecular weight is 351 g/mol. The maximum Gasteiger partial charge on any atom is 0.272 e. The molecule has 4 rings (SSSR count). The van der Waals surface area contributed by atoms with Crippen molar-refractivity contribution >= 4 is 23.2 Å². The second-order valence-electron chi connectivity index (χ2n) is 7.08. The highest BCUT2D eigenvalue weighted by molar-refractivity contribution is 5.93. The fourth-order valence-corrected chi connectivity index (χ4v) is 3.68. The fraction of sp³-hybridized carbons (Fsp3) is 0.450. The van der Waals surface area contributed by atoms with Gasteiger partial charge in [0.1, 0.15) is 5.69 Å². The van der Waals surface area contributed by atoms with E-state index >= 15 is 0 Å². The van der Waals surface area contributed by atoms with Crippen molar-refractivity contribution in [2.75, 3.05) is 36.4 Å². The SMILES string of the molecule is Cc1cc(C(=O)N2CCCC2)nc(Nc2ccc(N3CCCC3)cc2)n1. The smallest absolute Gasteiger partial charge is 0.272 e. The minimum atomic E-state index is 0.000399. The third-order valence-electron chi connectivity index (χ3n) is 5.06. The second-order valence-corrected chi connectivity index (χ2v) is 7.08. The third-order valence-corrected chi connectivity index (χ3v) is 5.06. The van der Waals surface area contributed by atoms with Crippen LogP contribution in [0.5, 0.6) is 0 Å². The number of carbonyl (C=O) groups excluding carboxylic acids is 1. The van der Waals surface area contributed by atoms with Gasteiger partial charge >= 0.3 is 0 Å². The Kier molecular flexibility index (Phi) is 4.73. The molecule has 26 heavy (non-hydrogen) atoms. The van der Waals surface area contributed by atoms with E-state index in [0.29, 0.717) is 11.6 Å². The molecule has 2 aliphatic rings. The van der Waals surface area contributed by atoms with Crippen molar-refractivity contribution < 1.29 is 4.79 Å². The number of amides is 1. The van der Waals surface area contributed by atoms with Crippen LogP contribution in [0.15, 0.2) is 30.3 Å². The molecule has 0 radical (unpaired) electrons. The summed E-state index contributed by atoms with van der Waals surface area (Å²) in [6, 6.07) is 10.1. The van der Waals surface area contributed by atoms with Gasteiger partial charge in [-0.1, -0.05) is 0 Å². The molecule has 0 bridgehead atoms. The number of nitrogens with zero attached hydrogens (tertiary/aromatic N) is 4. The molecule has 2 fully saturated rings. The van der Waals surface area contributed by atoms with Crippen molar-refractivity contribution in [2.24, 2.45) is 0 Å². The van der Waals surface area contributed by atoms with Crippen LogP contribution in [-0.4, -0.2) is 47.0 Å². The Balaban J connectivity index is 1.49. The number of likely N-dealkylation sites (tertiary alicyclic amines) is 1. The van der Waals surface area contributed by atoms with Gasteiger partial charge < -0.3 is 15.1 Å². The summed E-state index contributed by atoms with van der Waals surface area (Å²) in [6.07, 6.45) is 4.68. The highest BCUT2D eigenvalue weighted by Gasteiger charge is 2.21. The lowest BCUT2D eigenvalue weighted by Gasteiger charge is -2.18. The van der Waals surface area contributed by atoms with E-state index in [0.717, 1.165) is 50.4 Å². The molecule has 1 amide bonds. The predicted molar refractivity (Wildman–Crippen MR) is 103 cm³/mol. The molecule has 3 heterocycles. The average Bonchev–Trinajstić information content (AvgIpc) is 3.35. The summed E-state index contributed by atoms with van der Waals surface area (Å²) >= 11 is 0. The molecular weight excluding hydrogens is 326 g/mol. The first kappa shape index (κ1) is 16.8. The van der Waals surface area contributed by atoms with Crippen molar-refractivity contribution in [3.05, 3.63) is 41.7 Å². The van der Waals surface area contributed by atoms with E-state index in [1.54, 1.807) is 6.07 Å². The lowest BCUT2D eigenvalue weighted by molar-refractivity contribution is 0.0787. The lowest BCUT2D eigenvalue weighted by Crippen LogP contribution is -2.28. The molecule has 0 aliphatic carbocycles. The molecule has 0 saturated carbocycles. The normalized spacial score (nSPS) is 17.0. The predicted octanol–water partition coefficient (Wildman–Crippen LogP) is 3.36. The fourth-order valence-electron chi connectivity index (χ4n) is 3.68. The standard InChI is InChI=1S/C20H25N5O/c1-15-14-18(19(26)25-12-4-5-13-25)23-20(21-15)22-16-6-8-17(9-7-16)24-10-2-3-11-24/h6-9,14H,2-5,10-13H2,1H3,(H,21,22,23). The van der Waals surface area contributed by atoms with E-state index < -0.39 is 0 Å². The molecule has 1 aromatic carbocycles. The van der Waals surface area contributed by atoms with E-state index in [1.807, 2.05) is 24.0 Å². The minimum absolute atomic E-state index is 0.000399. The number of rotatable bonds is 4. The van der Waals surface area contributed by atoms with E-state index in [9.17, 15) is 4.79 Å². The van der Waals surface area contributed by atoms with E-state index in [1.165, 1.54) is 18.5 Å². The van der Waals surface area contributed by atoms with Crippen LogP contribution in [0.1, 0.15) is 41.9 Å². The van der Waals surface area contributed by atoms with Crippen molar-refractivity contribution in [1.82, 2.24) is 14.9 Å². The van der Waals surface area contributed by atoms with E-state index in [4.69, 9.17) is 0 Å². The monoisotopic (exact) mass is 351 g/mol. The van der Waals surface area contributed by atoms with Gasteiger partial charge in [0.2, 0.25) is 5.95 Å². The van der Waals surface area contributed by atoms with Crippen molar-refractivity contribution in [1.29, 1.82) is 0 Å². The first-order valence-electron chi connectivity index (χ1n) is 9.46. The molecule has 1 N–H and O–H groups in total. The lowest BCUT2D eigenvalue weighted by atomic mass is 10.2. The summed E-state index contributed by atoms with van der Waals surface area (Å²) in [5.41, 5.74) is 3.44. The maximum absolute atomic E-state index is 12.6. The number of nitrogens with one attached hydrogen (secondary N) is 1. The molecule has 2 aliphatic heterocycles. The molecule has 0 atom stereocenters. The summed E-state index contributed by atoms with van der Waals surface area (Å²) in [5, 5.41) is 3.24. The Bertz CT molecular complexity index is 777. The highest BCUT2D eigenvalue weighted by atomic mass is 16.2. The number of aromatic nitrogens is 2. The Morgan fingerprint density at radius 3 is 2.31 bits per heavy atom. The largest absolute Gasteiger partial charge is 0.372 e. The molecule has 6 nitrogen and oxygen atoms in total. The first-order chi connectivity index (χ1) is 12.7. The van der Waals surface area contributed by atoms with Gasteiger partial charge in [0.15, 0.2) is 0 Å². The molecular formula is C20H25N5O. The minimum Gasteiger partial charge on any atom is -0.372 e. The summed E-state index contributed by atoms with van der Waals surface area (Å²) in [7, 11) is 0. The van der Waals surface area contributed by atoms with Crippen LogP contribution in [0.2, 0.25) is 0 Å². The zero-order valence-electron chi connectivity index (χ0n) is 15.2. The first-order valence-corrected chi connectivity index (χ1v) is 9.46. The zero-order valence-corrected chi connectivity index (χ0v) is 15.2. The number of hydrogen-bond donors (Lipinski definition) is 1. The number of benzene rings is 1. The number of carbonyl (C=O) groups is 1. The second kappa shape index (κ2) is 7.32. The van der Waals surface area contributed by atoms with Crippen LogP contribution in [0, 0.1) is 6.92 Å².